The summed E-state index contributed by atoms with van der Waals surface area (Å²) >= 11 is 1.35. The van der Waals surface area contributed by atoms with Gasteiger partial charge in [-0.1, -0.05) is 18.7 Å². The molecule has 2 aliphatic rings. The van der Waals surface area contributed by atoms with Gasteiger partial charge in [0.2, 0.25) is 11.1 Å². The Morgan fingerprint density at radius 1 is 1.24 bits per heavy atom. The van der Waals surface area contributed by atoms with Crippen LogP contribution in [0.15, 0.2) is 5.16 Å². The third-order valence-electron chi connectivity index (χ3n) is 4.54. The maximum atomic E-state index is 12.4. The van der Waals surface area contributed by atoms with Crippen molar-refractivity contribution in [3.63, 3.8) is 0 Å². The molecule has 2 amide bonds. The highest BCUT2D eigenvalue weighted by atomic mass is 32.2. The number of aryl methyl sites for hydroxylation is 1. The summed E-state index contributed by atoms with van der Waals surface area (Å²) in [5.74, 6) is 1.29. The van der Waals surface area contributed by atoms with Crippen LogP contribution in [-0.4, -0.2) is 81.4 Å². The van der Waals surface area contributed by atoms with Crippen LogP contribution in [0.1, 0.15) is 32.0 Å². The van der Waals surface area contributed by atoms with Crippen LogP contribution in [0.2, 0.25) is 0 Å². The van der Waals surface area contributed by atoms with E-state index in [1.54, 1.807) is 0 Å². The maximum absolute atomic E-state index is 12.4. The summed E-state index contributed by atoms with van der Waals surface area (Å²) in [4.78, 5) is 32.9. The summed E-state index contributed by atoms with van der Waals surface area (Å²) in [5, 5.41) is 7.55. The number of H-pyrrole nitrogens is 1. The predicted octanol–water partition coefficient (Wildman–Crippen LogP) is 0.699. The van der Waals surface area contributed by atoms with E-state index in [2.05, 4.69) is 15.2 Å². The zero-order valence-corrected chi connectivity index (χ0v) is 15.4. The number of hydrogen-bond acceptors (Lipinski definition) is 6. The highest BCUT2D eigenvalue weighted by Crippen LogP contribution is 2.17. The number of aromatic nitrogens is 3. The Hall–Kier alpha value is -1.61. The van der Waals surface area contributed by atoms with Crippen molar-refractivity contribution in [1.29, 1.82) is 0 Å². The highest BCUT2D eigenvalue weighted by Gasteiger charge is 2.30. The van der Waals surface area contributed by atoms with Crippen molar-refractivity contribution in [3.8, 4) is 0 Å². The van der Waals surface area contributed by atoms with E-state index in [1.807, 2.05) is 16.7 Å². The van der Waals surface area contributed by atoms with Crippen LogP contribution in [0.3, 0.4) is 0 Å². The fraction of sp³-hybridized carbons (Fsp3) is 0.750. The second-order valence-corrected chi connectivity index (χ2v) is 7.21. The molecule has 2 fully saturated rings. The Kier molecular flexibility index (Phi) is 6.30. The van der Waals surface area contributed by atoms with Crippen molar-refractivity contribution in [3.05, 3.63) is 5.82 Å². The molecular formula is C16H25N5O3S. The van der Waals surface area contributed by atoms with Crippen LogP contribution in [0.25, 0.3) is 0 Å². The molecule has 8 nitrogen and oxygen atoms in total. The number of nitrogens with zero attached hydrogens (tertiary/aromatic N) is 4. The van der Waals surface area contributed by atoms with Crippen molar-refractivity contribution >= 4 is 23.6 Å². The average molecular weight is 367 g/mol. The van der Waals surface area contributed by atoms with Crippen LogP contribution in [0.4, 0.5) is 0 Å². The normalized spacial score (nSPS) is 21.4. The number of ether oxygens (including phenoxy) is 1. The predicted molar refractivity (Wildman–Crippen MR) is 93.2 cm³/mol. The monoisotopic (exact) mass is 367 g/mol. The van der Waals surface area contributed by atoms with Crippen LogP contribution >= 0.6 is 11.8 Å². The largest absolute Gasteiger partial charge is 0.368 e. The Morgan fingerprint density at radius 3 is 2.76 bits per heavy atom. The molecule has 0 aliphatic carbocycles. The summed E-state index contributed by atoms with van der Waals surface area (Å²) in [7, 11) is 0. The van der Waals surface area contributed by atoms with Gasteiger partial charge >= 0.3 is 0 Å². The SMILES string of the molecule is CCc1nc(SCC(=O)N2CCCN(C(=O)[C@H]3CCCO3)CC2)n[nH]1. The number of thioether (sulfide) groups is 1. The van der Waals surface area contributed by atoms with Crippen LogP contribution in [0.5, 0.6) is 0 Å². The minimum atomic E-state index is -0.281. The fourth-order valence-corrected chi connectivity index (χ4v) is 3.80. The second-order valence-electron chi connectivity index (χ2n) is 6.27. The van der Waals surface area contributed by atoms with Gasteiger partial charge in [0.15, 0.2) is 0 Å². The van der Waals surface area contributed by atoms with Crippen LogP contribution < -0.4 is 0 Å². The zero-order chi connectivity index (χ0) is 17.6. The summed E-state index contributed by atoms with van der Waals surface area (Å²) in [5.41, 5.74) is 0. The number of carbonyl (C=O) groups excluding carboxylic acids is 2. The third-order valence-corrected chi connectivity index (χ3v) is 5.37. The minimum Gasteiger partial charge on any atom is -0.368 e. The van der Waals surface area contributed by atoms with Crippen molar-refractivity contribution < 1.29 is 14.3 Å². The maximum Gasteiger partial charge on any atom is 0.251 e. The van der Waals surface area contributed by atoms with Gasteiger partial charge in [-0.25, -0.2) is 4.98 Å². The summed E-state index contributed by atoms with van der Waals surface area (Å²) < 4.78 is 5.49. The molecule has 0 bridgehead atoms. The lowest BCUT2D eigenvalue weighted by atomic mass is 10.2. The third kappa shape index (κ3) is 4.72. The van der Waals surface area contributed by atoms with Gasteiger partial charge in [-0.05, 0) is 19.3 Å². The van der Waals surface area contributed by atoms with E-state index in [1.165, 1.54) is 11.8 Å². The van der Waals surface area contributed by atoms with E-state index >= 15 is 0 Å². The quantitative estimate of drug-likeness (QED) is 0.771. The first kappa shape index (κ1) is 18.2. The molecule has 2 aliphatic heterocycles. The molecule has 0 radical (unpaired) electrons. The van der Waals surface area contributed by atoms with Gasteiger partial charge in [0.1, 0.15) is 11.9 Å². The molecule has 138 valence electrons. The van der Waals surface area contributed by atoms with Crippen molar-refractivity contribution in [2.75, 3.05) is 38.5 Å². The molecule has 0 aromatic carbocycles. The molecule has 25 heavy (non-hydrogen) atoms. The van der Waals surface area contributed by atoms with Gasteiger partial charge < -0.3 is 14.5 Å². The number of aromatic amines is 1. The van der Waals surface area contributed by atoms with Crippen molar-refractivity contribution in [2.24, 2.45) is 0 Å². The van der Waals surface area contributed by atoms with E-state index in [0.717, 1.165) is 31.5 Å². The van der Waals surface area contributed by atoms with Gasteiger partial charge in [0.25, 0.3) is 5.91 Å². The first-order valence-corrected chi connectivity index (χ1v) is 9.88. The van der Waals surface area contributed by atoms with Gasteiger partial charge in [0, 0.05) is 39.2 Å². The second kappa shape index (κ2) is 8.66. The summed E-state index contributed by atoms with van der Waals surface area (Å²) in [6.45, 7) is 5.20. The lowest BCUT2D eigenvalue weighted by Gasteiger charge is -2.24. The fourth-order valence-electron chi connectivity index (χ4n) is 3.08. The molecule has 3 rings (SSSR count). The summed E-state index contributed by atoms with van der Waals surface area (Å²) in [6.07, 6.45) is 3.08. The van der Waals surface area contributed by atoms with Gasteiger partial charge in [-0.2, -0.15) is 0 Å². The lowest BCUT2D eigenvalue weighted by Crippen LogP contribution is -2.42. The molecule has 0 spiro atoms. The number of amides is 2. The number of rotatable bonds is 5. The number of nitrogens with one attached hydrogen (secondary N) is 1. The molecule has 0 unspecified atom stereocenters. The molecular weight excluding hydrogens is 342 g/mol. The topological polar surface area (TPSA) is 91.4 Å². The van der Waals surface area contributed by atoms with Crippen LogP contribution in [0, 0.1) is 0 Å². The van der Waals surface area contributed by atoms with Gasteiger partial charge in [0.05, 0.1) is 5.75 Å². The van der Waals surface area contributed by atoms with E-state index in [4.69, 9.17) is 4.74 Å². The van der Waals surface area contributed by atoms with Crippen molar-refractivity contribution in [2.45, 2.75) is 43.9 Å². The van der Waals surface area contributed by atoms with Gasteiger partial charge in [-0.15, -0.1) is 5.10 Å². The van der Waals surface area contributed by atoms with E-state index in [-0.39, 0.29) is 17.9 Å². The summed E-state index contributed by atoms with van der Waals surface area (Å²) in [6, 6.07) is 0. The molecule has 2 saturated heterocycles. The highest BCUT2D eigenvalue weighted by molar-refractivity contribution is 7.99. The first-order valence-electron chi connectivity index (χ1n) is 8.89. The number of carbonyl (C=O) groups is 2. The minimum absolute atomic E-state index is 0.0688. The van der Waals surface area contributed by atoms with Gasteiger partial charge in [-0.3, -0.25) is 14.7 Å². The van der Waals surface area contributed by atoms with E-state index < -0.39 is 0 Å². The smallest absolute Gasteiger partial charge is 0.251 e. The molecule has 9 heteroatoms. The zero-order valence-electron chi connectivity index (χ0n) is 14.6. The Bertz CT molecular complexity index is 602. The first-order chi connectivity index (χ1) is 12.2. The molecule has 0 saturated carbocycles. The molecule has 1 aromatic heterocycles. The Labute approximate surface area is 151 Å². The average Bonchev–Trinajstić information content (AvgIpc) is 3.26. The number of hydrogen-bond donors (Lipinski definition) is 1. The Balaban J connectivity index is 1.46. The van der Waals surface area contributed by atoms with E-state index in [9.17, 15) is 9.59 Å². The molecule has 1 aromatic rings. The van der Waals surface area contributed by atoms with Crippen LogP contribution in [-0.2, 0) is 20.7 Å². The molecule has 1 atom stereocenters. The van der Waals surface area contributed by atoms with E-state index in [0.29, 0.717) is 43.7 Å². The lowest BCUT2D eigenvalue weighted by molar-refractivity contribution is -0.141. The standard InChI is InChI=1S/C16H25N5O3S/c1-2-13-17-16(19-18-13)25-11-14(22)20-6-4-7-21(9-8-20)15(23)12-5-3-10-24-12/h12H,2-11H2,1H3,(H,17,18,19)/t12-/m1/s1. The molecule has 3 heterocycles. The van der Waals surface area contributed by atoms with Crippen molar-refractivity contribution in [1.82, 2.24) is 25.0 Å². The Morgan fingerprint density at radius 2 is 2.04 bits per heavy atom. The molecule has 1 N–H and O–H groups in total.